The number of carbonyl (C=O) groups excluding carboxylic acids is 3. The van der Waals surface area contributed by atoms with Crippen LogP contribution in [0.3, 0.4) is 0 Å². The molecule has 0 saturated heterocycles. The van der Waals surface area contributed by atoms with E-state index < -0.39 is 35.7 Å². The van der Waals surface area contributed by atoms with Gasteiger partial charge in [-0.2, -0.15) is 0 Å². The Kier molecular flexibility index (Phi) is 12.4. The predicted octanol–water partition coefficient (Wildman–Crippen LogP) is 4.66. The highest BCUT2D eigenvalue weighted by atomic mass is 16.6. The lowest BCUT2D eigenvalue weighted by Gasteiger charge is -2.22. The van der Waals surface area contributed by atoms with Gasteiger partial charge in [0, 0.05) is 6.54 Å². The van der Waals surface area contributed by atoms with Crippen molar-refractivity contribution in [2.45, 2.75) is 97.1 Å². The van der Waals surface area contributed by atoms with Crippen molar-refractivity contribution in [2.75, 3.05) is 6.54 Å². The van der Waals surface area contributed by atoms with Gasteiger partial charge in [-0.15, -0.1) is 0 Å². The molecule has 40 heavy (non-hydrogen) atoms. The van der Waals surface area contributed by atoms with Crippen molar-refractivity contribution in [1.82, 2.24) is 10.6 Å². The number of hydrogen-bond donors (Lipinski definition) is 3. The van der Waals surface area contributed by atoms with Gasteiger partial charge in [-0.25, -0.2) is 9.59 Å². The van der Waals surface area contributed by atoms with E-state index in [0.29, 0.717) is 32.2 Å². The summed E-state index contributed by atoms with van der Waals surface area (Å²) in [5.41, 5.74) is 7.03. The van der Waals surface area contributed by atoms with Crippen molar-refractivity contribution in [1.29, 1.82) is 0 Å². The molecule has 0 aliphatic carbocycles. The van der Waals surface area contributed by atoms with Crippen LogP contribution in [0.25, 0.3) is 0 Å². The third kappa shape index (κ3) is 13.5. The number of benzene rings is 2. The molecule has 9 heteroatoms. The molecular weight excluding hydrogens is 510 g/mol. The van der Waals surface area contributed by atoms with E-state index in [9.17, 15) is 14.4 Å². The van der Waals surface area contributed by atoms with Crippen LogP contribution in [-0.4, -0.2) is 47.8 Å². The van der Waals surface area contributed by atoms with Crippen molar-refractivity contribution in [3.8, 4) is 5.75 Å². The number of rotatable bonds is 13. The standard InChI is InChI=1S/C31H45N3O6/c1-30(2,3)39-24-17-15-22(16-18-24)20-25(32)27(35)34-26(28(36)38-21-23-12-8-7-9-13-23)14-10-11-19-33-29(37)40-31(4,5)6/h7-9,12-13,15-18,25-26H,10-11,14,19-21,32H2,1-6H3,(H,33,37)(H,34,35)/t25-,26-/m0/s1. The van der Waals surface area contributed by atoms with Crippen molar-refractivity contribution in [3.05, 3.63) is 65.7 Å². The Morgan fingerprint density at radius 2 is 1.50 bits per heavy atom. The Balaban J connectivity index is 1.93. The lowest BCUT2D eigenvalue weighted by Crippen LogP contribution is -2.49. The molecule has 2 rings (SSSR count). The van der Waals surface area contributed by atoms with E-state index in [2.05, 4.69) is 10.6 Å². The van der Waals surface area contributed by atoms with Gasteiger partial charge in [0.15, 0.2) is 0 Å². The van der Waals surface area contributed by atoms with Crippen LogP contribution >= 0.6 is 0 Å². The van der Waals surface area contributed by atoms with Gasteiger partial charge in [-0.1, -0.05) is 42.5 Å². The first-order chi connectivity index (χ1) is 18.7. The topological polar surface area (TPSA) is 129 Å². The van der Waals surface area contributed by atoms with Gasteiger partial charge in [-0.05, 0) is 90.5 Å². The summed E-state index contributed by atoms with van der Waals surface area (Å²) in [6.07, 6.45) is 1.29. The fraction of sp³-hybridized carbons (Fsp3) is 0.516. The fourth-order valence-corrected chi connectivity index (χ4v) is 3.73. The summed E-state index contributed by atoms with van der Waals surface area (Å²) >= 11 is 0. The van der Waals surface area contributed by atoms with Gasteiger partial charge in [0.05, 0.1) is 6.04 Å². The summed E-state index contributed by atoms with van der Waals surface area (Å²) in [4.78, 5) is 37.7. The van der Waals surface area contributed by atoms with Gasteiger partial charge in [0.2, 0.25) is 5.91 Å². The zero-order valence-corrected chi connectivity index (χ0v) is 24.6. The van der Waals surface area contributed by atoms with E-state index in [1.165, 1.54) is 0 Å². The van der Waals surface area contributed by atoms with E-state index in [1.807, 2.05) is 75.4 Å². The third-order valence-corrected chi connectivity index (χ3v) is 5.55. The molecule has 9 nitrogen and oxygen atoms in total. The van der Waals surface area contributed by atoms with Gasteiger partial charge < -0.3 is 30.6 Å². The number of alkyl carbamates (subject to hydrolysis) is 1. The number of unbranched alkanes of at least 4 members (excludes halogenated alkanes) is 1. The summed E-state index contributed by atoms with van der Waals surface area (Å²) in [5.74, 6) is -0.242. The summed E-state index contributed by atoms with van der Waals surface area (Å²) in [6.45, 7) is 11.8. The van der Waals surface area contributed by atoms with Crippen LogP contribution in [-0.2, 0) is 32.1 Å². The van der Waals surface area contributed by atoms with Gasteiger partial charge in [-0.3, -0.25) is 4.79 Å². The molecule has 0 saturated carbocycles. The Morgan fingerprint density at radius 1 is 0.850 bits per heavy atom. The Morgan fingerprint density at radius 3 is 2.10 bits per heavy atom. The van der Waals surface area contributed by atoms with E-state index >= 15 is 0 Å². The van der Waals surface area contributed by atoms with E-state index in [0.717, 1.165) is 16.9 Å². The summed E-state index contributed by atoms with van der Waals surface area (Å²) < 4.78 is 16.6. The molecule has 0 spiro atoms. The lowest BCUT2D eigenvalue weighted by atomic mass is 10.0. The highest BCUT2D eigenvalue weighted by Gasteiger charge is 2.25. The number of hydrogen-bond acceptors (Lipinski definition) is 7. The second-order valence-corrected chi connectivity index (χ2v) is 11.7. The molecule has 0 fully saturated rings. The van der Waals surface area contributed by atoms with Crippen LogP contribution in [0.15, 0.2) is 54.6 Å². The molecule has 4 N–H and O–H groups in total. The largest absolute Gasteiger partial charge is 0.488 e. The quantitative estimate of drug-likeness (QED) is 0.242. The van der Waals surface area contributed by atoms with Crippen molar-refractivity contribution >= 4 is 18.0 Å². The average molecular weight is 556 g/mol. The average Bonchev–Trinajstić information content (AvgIpc) is 2.86. The molecule has 0 radical (unpaired) electrons. The number of carbonyl (C=O) groups is 3. The van der Waals surface area contributed by atoms with Gasteiger partial charge in [0.1, 0.15) is 29.6 Å². The minimum Gasteiger partial charge on any atom is -0.488 e. The van der Waals surface area contributed by atoms with Gasteiger partial charge >= 0.3 is 12.1 Å². The summed E-state index contributed by atoms with van der Waals surface area (Å²) in [6, 6.07) is 15.0. The Hall–Kier alpha value is -3.59. The van der Waals surface area contributed by atoms with Crippen LogP contribution in [0.5, 0.6) is 5.75 Å². The van der Waals surface area contributed by atoms with Crippen molar-refractivity contribution in [3.63, 3.8) is 0 Å². The maximum Gasteiger partial charge on any atom is 0.407 e. The smallest absolute Gasteiger partial charge is 0.407 e. The molecule has 2 amide bonds. The molecule has 220 valence electrons. The summed E-state index contributed by atoms with van der Waals surface area (Å²) in [7, 11) is 0. The fourth-order valence-electron chi connectivity index (χ4n) is 3.73. The highest BCUT2D eigenvalue weighted by molar-refractivity contribution is 5.87. The second kappa shape index (κ2) is 15.3. The van der Waals surface area contributed by atoms with Crippen molar-refractivity contribution in [2.24, 2.45) is 5.73 Å². The molecular formula is C31H45N3O6. The minimum absolute atomic E-state index is 0.0985. The maximum absolute atomic E-state index is 13.0. The summed E-state index contributed by atoms with van der Waals surface area (Å²) in [5, 5.41) is 5.47. The Labute approximate surface area is 238 Å². The zero-order valence-electron chi connectivity index (χ0n) is 24.6. The molecule has 2 aromatic carbocycles. The SMILES string of the molecule is CC(C)(C)OC(=O)NCCCC[C@H](NC(=O)[C@@H](N)Cc1ccc(OC(C)(C)C)cc1)C(=O)OCc1ccccc1. The molecule has 0 bridgehead atoms. The monoisotopic (exact) mass is 555 g/mol. The number of esters is 1. The Bertz CT molecular complexity index is 1070. The zero-order chi connectivity index (χ0) is 29.8. The molecule has 0 aliphatic heterocycles. The van der Waals surface area contributed by atoms with Crippen LogP contribution in [0.2, 0.25) is 0 Å². The van der Waals surface area contributed by atoms with Crippen LogP contribution in [0.1, 0.15) is 71.9 Å². The maximum atomic E-state index is 13.0. The van der Waals surface area contributed by atoms with Gasteiger partial charge in [0.25, 0.3) is 0 Å². The first-order valence-electron chi connectivity index (χ1n) is 13.7. The number of nitrogens with one attached hydrogen (secondary N) is 2. The van der Waals surface area contributed by atoms with Crippen LogP contribution in [0, 0.1) is 0 Å². The lowest BCUT2D eigenvalue weighted by molar-refractivity contribution is -0.149. The van der Waals surface area contributed by atoms with E-state index in [4.69, 9.17) is 19.9 Å². The molecule has 2 aromatic rings. The number of ether oxygens (including phenoxy) is 3. The number of amides is 2. The number of nitrogens with two attached hydrogens (primary N) is 1. The molecule has 0 heterocycles. The van der Waals surface area contributed by atoms with Crippen LogP contribution < -0.4 is 21.1 Å². The molecule has 2 atom stereocenters. The second-order valence-electron chi connectivity index (χ2n) is 11.7. The highest BCUT2D eigenvalue weighted by Crippen LogP contribution is 2.19. The van der Waals surface area contributed by atoms with Crippen LogP contribution in [0.4, 0.5) is 4.79 Å². The first-order valence-corrected chi connectivity index (χ1v) is 13.7. The third-order valence-electron chi connectivity index (χ3n) is 5.55. The minimum atomic E-state index is -0.869. The first kappa shape index (κ1) is 32.6. The molecule has 0 aliphatic rings. The van der Waals surface area contributed by atoms with E-state index in [-0.39, 0.29) is 12.2 Å². The predicted molar refractivity (Wildman–Crippen MR) is 155 cm³/mol. The van der Waals surface area contributed by atoms with E-state index in [1.54, 1.807) is 20.8 Å². The molecule has 0 unspecified atom stereocenters. The molecule has 0 aromatic heterocycles. The normalized spacial score (nSPS) is 13.1. The van der Waals surface area contributed by atoms with Crippen molar-refractivity contribution < 1.29 is 28.6 Å².